The molecule has 0 aliphatic carbocycles. The first kappa shape index (κ1) is 24.8. The second-order valence-electron chi connectivity index (χ2n) is 6.97. The van der Waals surface area contributed by atoms with Crippen LogP contribution in [0.5, 0.6) is 0 Å². The number of unbranched alkanes of at least 4 members (excludes halogenated alkanes) is 9. The molecule has 0 aliphatic rings. The second kappa shape index (κ2) is 17.2. The van der Waals surface area contributed by atoms with Crippen molar-refractivity contribution in [1.82, 2.24) is 0 Å². The summed E-state index contributed by atoms with van der Waals surface area (Å²) in [6.45, 7) is 2.51. The zero-order valence-electron chi connectivity index (χ0n) is 16.2. The Morgan fingerprint density at radius 1 is 0.800 bits per heavy atom. The van der Waals surface area contributed by atoms with Gasteiger partial charge in [0.25, 0.3) is 0 Å². The van der Waals surface area contributed by atoms with Gasteiger partial charge >= 0.3 is 0 Å². The monoisotopic (exact) mass is 363 g/mol. The molecule has 6 nitrogen and oxygen atoms in total. The van der Waals surface area contributed by atoms with Gasteiger partial charge in [0.15, 0.2) is 6.29 Å². The third-order valence-corrected chi connectivity index (χ3v) is 4.61. The van der Waals surface area contributed by atoms with Gasteiger partial charge in [-0.3, -0.25) is 0 Å². The smallest absolute Gasteiger partial charge is 0.159 e. The molecule has 0 fully saturated rings. The molecule has 0 saturated heterocycles. The summed E-state index contributed by atoms with van der Waals surface area (Å²) < 4.78 is 4.66. The quantitative estimate of drug-likeness (QED) is 0.142. The predicted molar refractivity (Wildman–Crippen MR) is 101 cm³/mol. The van der Waals surface area contributed by atoms with Crippen molar-refractivity contribution in [3.8, 4) is 0 Å². The van der Waals surface area contributed by atoms with Crippen LogP contribution in [0.4, 0.5) is 0 Å². The van der Waals surface area contributed by atoms with Crippen molar-refractivity contribution in [2.24, 2.45) is 0 Å². The Hall–Kier alpha value is -0.240. The van der Waals surface area contributed by atoms with E-state index < -0.39 is 10.9 Å². The van der Waals surface area contributed by atoms with Crippen molar-refractivity contribution in [1.29, 1.82) is 0 Å². The maximum Gasteiger partial charge on any atom is 0.159 e. The molecule has 0 saturated carbocycles. The van der Waals surface area contributed by atoms with E-state index in [-0.39, 0.29) is 39.3 Å². The van der Waals surface area contributed by atoms with Gasteiger partial charge in [-0.2, -0.15) is 0 Å². The fourth-order valence-corrected chi connectivity index (χ4v) is 2.94. The van der Waals surface area contributed by atoms with Crippen molar-refractivity contribution in [2.45, 2.75) is 83.8 Å². The van der Waals surface area contributed by atoms with Crippen molar-refractivity contribution < 1.29 is 24.7 Å². The lowest BCUT2D eigenvalue weighted by molar-refractivity contribution is -0.882. The van der Waals surface area contributed by atoms with E-state index in [0.29, 0.717) is 6.61 Å². The normalized spacial score (nSPS) is 13.3. The molecule has 0 aromatic rings. The van der Waals surface area contributed by atoms with Crippen molar-refractivity contribution in [2.75, 3.05) is 39.5 Å². The molecule has 1 atom stereocenters. The maximum atomic E-state index is 12.2. The highest BCUT2D eigenvalue weighted by molar-refractivity contribution is 4.50. The molecule has 0 aliphatic heterocycles. The van der Waals surface area contributed by atoms with Crippen LogP contribution in [0.25, 0.3) is 0 Å². The van der Waals surface area contributed by atoms with Crippen LogP contribution in [-0.4, -0.2) is 65.7 Å². The van der Waals surface area contributed by atoms with Crippen molar-refractivity contribution in [3.63, 3.8) is 0 Å². The SMILES string of the molecule is CCCCCCCCCCCCOC(O)CC[N+]([O-])(CCO)CCO. The molecular weight excluding hydrogens is 322 g/mol. The maximum absolute atomic E-state index is 12.2. The summed E-state index contributed by atoms with van der Waals surface area (Å²) in [5, 5.41) is 39.9. The fourth-order valence-electron chi connectivity index (χ4n) is 2.94. The minimum Gasteiger partial charge on any atom is -0.633 e. The van der Waals surface area contributed by atoms with Crippen molar-refractivity contribution in [3.05, 3.63) is 5.21 Å². The molecule has 0 aromatic heterocycles. The molecule has 0 heterocycles. The third-order valence-electron chi connectivity index (χ3n) is 4.61. The fraction of sp³-hybridized carbons (Fsp3) is 1.00. The summed E-state index contributed by atoms with van der Waals surface area (Å²) in [6.07, 6.45) is 11.8. The van der Waals surface area contributed by atoms with Crippen LogP contribution in [0.15, 0.2) is 0 Å². The van der Waals surface area contributed by atoms with Crippen LogP contribution in [0.1, 0.15) is 77.6 Å². The highest BCUT2D eigenvalue weighted by Gasteiger charge is 2.18. The summed E-state index contributed by atoms with van der Waals surface area (Å²) in [5.74, 6) is 0. The molecule has 6 heteroatoms. The zero-order valence-corrected chi connectivity index (χ0v) is 16.2. The van der Waals surface area contributed by atoms with Crippen LogP contribution < -0.4 is 0 Å². The highest BCUT2D eigenvalue weighted by atomic mass is 16.6. The van der Waals surface area contributed by atoms with Gasteiger partial charge < -0.3 is 29.9 Å². The summed E-state index contributed by atoms with van der Waals surface area (Å²) in [7, 11) is 0. The first-order chi connectivity index (χ1) is 12.1. The lowest BCUT2D eigenvalue weighted by Gasteiger charge is -2.42. The van der Waals surface area contributed by atoms with Gasteiger partial charge in [-0.15, -0.1) is 0 Å². The van der Waals surface area contributed by atoms with E-state index in [2.05, 4.69) is 6.92 Å². The molecule has 1 unspecified atom stereocenters. The van der Waals surface area contributed by atoms with Gasteiger partial charge in [0, 0.05) is 13.0 Å². The molecule has 0 amide bonds. The Morgan fingerprint density at radius 3 is 1.76 bits per heavy atom. The third kappa shape index (κ3) is 15.7. The summed E-state index contributed by atoms with van der Waals surface area (Å²) >= 11 is 0. The molecule has 0 spiro atoms. The number of ether oxygens (including phenoxy) is 1. The minimum absolute atomic E-state index is 0.0335. The first-order valence-corrected chi connectivity index (χ1v) is 10.2. The van der Waals surface area contributed by atoms with Crippen LogP contribution in [0.3, 0.4) is 0 Å². The van der Waals surface area contributed by atoms with E-state index in [1.54, 1.807) is 0 Å². The van der Waals surface area contributed by atoms with Gasteiger partial charge in [-0.05, 0) is 6.42 Å². The van der Waals surface area contributed by atoms with Crippen LogP contribution in [-0.2, 0) is 4.74 Å². The average molecular weight is 364 g/mol. The minimum atomic E-state index is -0.942. The zero-order chi connectivity index (χ0) is 18.8. The number of hydrogen-bond acceptors (Lipinski definition) is 5. The van der Waals surface area contributed by atoms with E-state index in [4.69, 9.17) is 14.9 Å². The van der Waals surface area contributed by atoms with E-state index >= 15 is 0 Å². The standard InChI is InChI=1S/C19H41NO5/c1-2-3-4-5-6-7-8-9-10-11-18-25-19(23)12-13-20(24,14-16-21)15-17-22/h19,21-23H,2-18H2,1H3. The Kier molecular flexibility index (Phi) is 17.0. The van der Waals surface area contributed by atoms with Gasteiger partial charge in [0.2, 0.25) is 0 Å². The molecule has 0 aromatic carbocycles. The van der Waals surface area contributed by atoms with Crippen LogP contribution in [0, 0.1) is 5.21 Å². The lowest BCUT2D eigenvalue weighted by atomic mass is 10.1. The number of nitrogens with zero attached hydrogens (tertiary/aromatic N) is 1. The molecule has 25 heavy (non-hydrogen) atoms. The Bertz CT molecular complexity index is 273. The molecule has 0 bridgehead atoms. The summed E-state index contributed by atoms with van der Waals surface area (Å²) in [5.41, 5.74) is 0. The molecule has 152 valence electrons. The number of aliphatic hydroxyl groups is 3. The molecule has 0 radical (unpaired) electrons. The Morgan fingerprint density at radius 2 is 1.28 bits per heavy atom. The van der Waals surface area contributed by atoms with E-state index in [9.17, 15) is 10.3 Å². The summed E-state index contributed by atoms with van der Waals surface area (Å²) in [4.78, 5) is 0. The molecular formula is C19H41NO5. The molecule has 0 rings (SSSR count). The highest BCUT2D eigenvalue weighted by Crippen LogP contribution is 2.11. The first-order valence-electron chi connectivity index (χ1n) is 10.2. The number of hydroxylamine groups is 3. The molecule has 3 N–H and O–H groups in total. The van der Waals surface area contributed by atoms with E-state index in [1.807, 2.05) is 0 Å². The summed E-state index contributed by atoms with van der Waals surface area (Å²) in [6, 6.07) is 0. The van der Waals surface area contributed by atoms with Gasteiger partial charge in [-0.1, -0.05) is 64.7 Å². The topological polar surface area (TPSA) is 93.0 Å². The van der Waals surface area contributed by atoms with Gasteiger partial charge in [-0.25, -0.2) is 0 Å². The van der Waals surface area contributed by atoms with E-state index in [1.165, 1.54) is 51.4 Å². The Labute approximate surface area is 154 Å². The number of rotatable bonds is 19. The van der Waals surface area contributed by atoms with Gasteiger partial charge in [0.1, 0.15) is 13.1 Å². The van der Waals surface area contributed by atoms with Crippen molar-refractivity contribution >= 4 is 0 Å². The van der Waals surface area contributed by atoms with Crippen LogP contribution >= 0.6 is 0 Å². The van der Waals surface area contributed by atoms with Gasteiger partial charge in [0.05, 0.1) is 19.8 Å². The van der Waals surface area contributed by atoms with Crippen LogP contribution in [0.2, 0.25) is 0 Å². The number of quaternary nitrogens is 1. The average Bonchev–Trinajstić information content (AvgIpc) is 2.58. The second-order valence-corrected chi connectivity index (χ2v) is 6.97. The number of aliphatic hydroxyl groups excluding tert-OH is 3. The predicted octanol–water partition coefficient (Wildman–Crippen LogP) is 2.93. The lowest BCUT2D eigenvalue weighted by Crippen LogP contribution is -2.48. The van der Waals surface area contributed by atoms with E-state index in [0.717, 1.165) is 12.8 Å². The number of hydrogen-bond donors (Lipinski definition) is 3. The Balaban J connectivity index is 3.50. The largest absolute Gasteiger partial charge is 0.633 e.